The molecule has 0 heterocycles. The predicted octanol–water partition coefficient (Wildman–Crippen LogP) is -0.811. The first-order chi connectivity index (χ1) is 6.49. The van der Waals surface area contributed by atoms with E-state index in [1.807, 2.05) is 0 Å². The lowest BCUT2D eigenvalue weighted by Gasteiger charge is -2.21. The zero-order chi connectivity index (χ0) is 11.1. The van der Waals surface area contributed by atoms with Gasteiger partial charge in [-0.1, -0.05) is 0 Å². The molecule has 0 aliphatic heterocycles. The molecule has 14 heavy (non-hydrogen) atoms. The van der Waals surface area contributed by atoms with E-state index in [0.29, 0.717) is 13.0 Å². The van der Waals surface area contributed by atoms with Crippen LogP contribution in [0.4, 0.5) is 0 Å². The van der Waals surface area contributed by atoms with Gasteiger partial charge in [0.05, 0.1) is 12.7 Å². The molecule has 0 aromatic carbocycles. The van der Waals surface area contributed by atoms with Crippen molar-refractivity contribution in [3.8, 4) is 0 Å². The summed E-state index contributed by atoms with van der Waals surface area (Å²) < 4.78 is 4.78. The van der Waals surface area contributed by atoms with Crippen LogP contribution in [0, 0.1) is 0 Å². The number of ether oxygens (including phenoxy) is 1. The number of methoxy groups -OCH3 is 1. The second-order valence-electron chi connectivity index (χ2n) is 3.46. The molecule has 0 rings (SSSR count). The normalized spacial score (nSPS) is 14.9. The number of nitrogens with two attached hydrogens (primary N) is 1. The third kappa shape index (κ3) is 5.16. The van der Waals surface area contributed by atoms with E-state index in [1.165, 1.54) is 12.0 Å². The standard InChI is InChI=1S/C9H20N2O3/c1-7(12)4-5-11(2)9(13)8(10)6-14-3/h7-8,12H,4-6,10H2,1-3H3. The van der Waals surface area contributed by atoms with Gasteiger partial charge in [-0.05, 0) is 13.3 Å². The van der Waals surface area contributed by atoms with Crippen LogP contribution in [0.1, 0.15) is 13.3 Å². The van der Waals surface area contributed by atoms with Crippen LogP contribution in [0.3, 0.4) is 0 Å². The fraction of sp³-hybridized carbons (Fsp3) is 0.889. The molecule has 0 saturated carbocycles. The van der Waals surface area contributed by atoms with Crippen LogP contribution in [-0.4, -0.2) is 55.4 Å². The Morgan fingerprint density at radius 1 is 1.64 bits per heavy atom. The molecule has 2 atom stereocenters. The fourth-order valence-electron chi connectivity index (χ4n) is 1.02. The Hall–Kier alpha value is -0.650. The van der Waals surface area contributed by atoms with Crippen molar-refractivity contribution in [1.29, 1.82) is 0 Å². The molecule has 1 amide bonds. The maximum absolute atomic E-state index is 11.5. The molecule has 2 unspecified atom stereocenters. The van der Waals surface area contributed by atoms with Gasteiger partial charge in [-0.15, -0.1) is 0 Å². The summed E-state index contributed by atoms with van der Waals surface area (Å²) in [5, 5.41) is 9.03. The van der Waals surface area contributed by atoms with E-state index in [0.717, 1.165) is 0 Å². The number of hydrogen-bond acceptors (Lipinski definition) is 4. The Morgan fingerprint density at radius 2 is 2.21 bits per heavy atom. The van der Waals surface area contributed by atoms with Gasteiger partial charge in [0.2, 0.25) is 5.91 Å². The SMILES string of the molecule is COCC(N)C(=O)N(C)CCC(C)O. The summed E-state index contributed by atoms with van der Waals surface area (Å²) in [6, 6.07) is -0.612. The first kappa shape index (κ1) is 13.4. The van der Waals surface area contributed by atoms with Crippen molar-refractivity contribution in [3.05, 3.63) is 0 Å². The first-order valence-corrected chi connectivity index (χ1v) is 4.66. The molecule has 0 aliphatic rings. The van der Waals surface area contributed by atoms with Crippen LogP contribution in [0.2, 0.25) is 0 Å². The van der Waals surface area contributed by atoms with Crippen LogP contribution >= 0.6 is 0 Å². The molecule has 0 spiro atoms. The van der Waals surface area contributed by atoms with Gasteiger partial charge in [0.25, 0.3) is 0 Å². The summed E-state index contributed by atoms with van der Waals surface area (Å²) in [7, 11) is 3.17. The van der Waals surface area contributed by atoms with Gasteiger partial charge in [0.1, 0.15) is 6.04 Å². The minimum Gasteiger partial charge on any atom is -0.393 e. The number of aliphatic hydroxyl groups excluding tert-OH is 1. The number of nitrogens with zero attached hydrogens (tertiary/aromatic N) is 1. The Morgan fingerprint density at radius 3 is 2.64 bits per heavy atom. The minimum absolute atomic E-state index is 0.160. The summed E-state index contributed by atoms with van der Waals surface area (Å²) in [6.07, 6.45) is 0.158. The van der Waals surface area contributed by atoms with Crippen LogP contribution in [0.5, 0.6) is 0 Å². The van der Waals surface area contributed by atoms with Gasteiger partial charge in [-0.25, -0.2) is 0 Å². The number of carbonyl (C=O) groups excluding carboxylic acids is 1. The van der Waals surface area contributed by atoms with Crippen molar-refractivity contribution in [2.75, 3.05) is 27.3 Å². The Labute approximate surface area is 84.8 Å². The third-order valence-corrected chi connectivity index (χ3v) is 1.92. The number of rotatable bonds is 6. The summed E-state index contributed by atoms with van der Waals surface area (Å²) in [4.78, 5) is 13.0. The molecular weight excluding hydrogens is 184 g/mol. The summed E-state index contributed by atoms with van der Waals surface area (Å²) in [5.41, 5.74) is 5.56. The summed E-state index contributed by atoms with van der Waals surface area (Å²) in [5.74, 6) is -0.160. The molecule has 5 nitrogen and oxygen atoms in total. The number of hydrogen-bond donors (Lipinski definition) is 2. The van der Waals surface area contributed by atoms with Gasteiger partial charge in [-0.3, -0.25) is 4.79 Å². The van der Waals surface area contributed by atoms with Crippen LogP contribution in [-0.2, 0) is 9.53 Å². The lowest BCUT2D eigenvalue weighted by atomic mass is 10.2. The van der Waals surface area contributed by atoms with Crippen LogP contribution < -0.4 is 5.73 Å². The molecule has 0 aromatic heterocycles. The van der Waals surface area contributed by atoms with Gasteiger partial charge in [0.15, 0.2) is 0 Å². The molecule has 0 aliphatic carbocycles. The average molecular weight is 204 g/mol. The Balaban J connectivity index is 3.86. The molecule has 84 valence electrons. The van der Waals surface area contributed by atoms with Crippen LogP contribution in [0.15, 0.2) is 0 Å². The number of likely N-dealkylation sites (N-methyl/N-ethyl adjacent to an activating group) is 1. The van der Waals surface area contributed by atoms with Crippen LogP contribution in [0.25, 0.3) is 0 Å². The molecular formula is C9H20N2O3. The second kappa shape index (κ2) is 6.75. The van der Waals surface area contributed by atoms with Crippen molar-refractivity contribution >= 4 is 5.91 Å². The third-order valence-electron chi connectivity index (χ3n) is 1.92. The maximum Gasteiger partial charge on any atom is 0.241 e. The quantitative estimate of drug-likeness (QED) is 0.593. The van der Waals surface area contributed by atoms with Gasteiger partial charge >= 0.3 is 0 Å². The van der Waals surface area contributed by atoms with Crippen molar-refractivity contribution in [2.45, 2.75) is 25.5 Å². The van der Waals surface area contributed by atoms with Crippen molar-refractivity contribution in [3.63, 3.8) is 0 Å². The van der Waals surface area contributed by atoms with E-state index in [1.54, 1.807) is 14.0 Å². The van der Waals surface area contributed by atoms with E-state index in [4.69, 9.17) is 15.6 Å². The van der Waals surface area contributed by atoms with Crippen molar-refractivity contribution < 1.29 is 14.6 Å². The highest BCUT2D eigenvalue weighted by Crippen LogP contribution is 1.96. The highest BCUT2D eigenvalue weighted by atomic mass is 16.5. The lowest BCUT2D eigenvalue weighted by molar-refractivity contribution is -0.132. The highest BCUT2D eigenvalue weighted by molar-refractivity contribution is 5.81. The van der Waals surface area contributed by atoms with E-state index in [-0.39, 0.29) is 12.5 Å². The van der Waals surface area contributed by atoms with E-state index in [2.05, 4.69) is 0 Å². The molecule has 3 N–H and O–H groups in total. The monoisotopic (exact) mass is 204 g/mol. The van der Waals surface area contributed by atoms with Gasteiger partial charge in [0, 0.05) is 20.7 Å². The minimum atomic E-state index is -0.612. The largest absolute Gasteiger partial charge is 0.393 e. The number of carbonyl (C=O) groups is 1. The van der Waals surface area contributed by atoms with E-state index >= 15 is 0 Å². The molecule has 0 bridgehead atoms. The second-order valence-corrected chi connectivity index (χ2v) is 3.46. The zero-order valence-corrected chi connectivity index (χ0v) is 9.06. The average Bonchev–Trinajstić information content (AvgIpc) is 2.13. The highest BCUT2D eigenvalue weighted by Gasteiger charge is 2.17. The Bertz CT molecular complexity index is 173. The maximum atomic E-state index is 11.5. The van der Waals surface area contributed by atoms with E-state index in [9.17, 15) is 4.79 Å². The summed E-state index contributed by atoms with van der Waals surface area (Å²) in [6.45, 7) is 2.42. The molecule has 0 saturated heterocycles. The van der Waals surface area contributed by atoms with Crippen molar-refractivity contribution in [2.24, 2.45) is 5.73 Å². The fourth-order valence-corrected chi connectivity index (χ4v) is 1.02. The molecule has 0 radical (unpaired) electrons. The summed E-state index contributed by atoms with van der Waals surface area (Å²) >= 11 is 0. The predicted molar refractivity (Wildman–Crippen MR) is 53.8 cm³/mol. The van der Waals surface area contributed by atoms with Crippen molar-refractivity contribution in [1.82, 2.24) is 4.90 Å². The van der Waals surface area contributed by atoms with E-state index < -0.39 is 12.1 Å². The van der Waals surface area contributed by atoms with Gasteiger partial charge < -0.3 is 20.5 Å². The Kier molecular flexibility index (Phi) is 6.44. The number of aliphatic hydroxyl groups is 1. The number of amides is 1. The smallest absolute Gasteiger partial charge is 0.241 e. The molecule has 5 heteroatoms. The van der Waals surface area contributed by atoms with Gasteiger partial charge in [-0.2, -0.15) is 0 Å². The zero-order valence-electron chi connectivity index (χ0n) is 9.06. The lowest BCUT2D eigenvalue weighted by Crippen LogP contribution is -2.45. The molecule has 0 fully saturated rings. The molecule has 0 aromatic rings. The first-order valence-electron chi connectivity index (χ1n) is 4.66. The topological polar surface area (TPSA) is 75.8 Å².